The molecule has 17 heavy (non-hydrogen) atoms. The second-order valence-electron chi connectivity index (χ2n) is 4.01. The largest absolute Gasteiger partial charge is 0.399 e. The van der Waals surface area contributed by atoms with Gasteiger partial charge in [-0.2, -0.15) is 5.10 Å². The first-order valence-electron chi connectivity index (χ1n) is 5.34. The lowest BCUT2D eigenvalue weighted by molar-refractivity contribution is 0.756. The van der Waals surface area contributed by atoms with Gasteiger partial charge in [-0.3, -0.25) is 4.68 Å². The smallest absolute Gasteiger partial charge is 0.0643 e. The lowest BCUT2D eigenvalue weighted by atomic mass is 10.2. The van der Waals surface area contributed by atoms with Crippen LogP contribution in [0.2, 0.25) is 0 Å². The molecule has 5 heteroatoms. The number of halogens is 1. The third kappa shape index (κ3) is 2.91. The third-order valence-electron chi connectivity index (χ3n) is 2.58. The Kier molecular flexibility index (Phi) is 3.56. The van der Waals surface area contributed by atoms with Gasteiger partial charge in [0.05, 0.1) is 5.69 Å². The fourth-order valence-corrected chi connectivity index (χ4v) is 2.42. The zero-order valence-corrected chi connectivity index (χ0v) is 12.0. The molecule has 90 valence electrons. The predicted octanol–water partition coefficient (Wildman–Crippen LogP) is 2.53. The molecule has 0 radical (unpaired) electrons. The zero-order chi connectivity index (χ0) is 12.4. The molecule has 0 atom stereocenters. The van der Waals surface area contributed by atoms with Crippen LogP contribution in [0, 0.1) is 10.5 Å². The summed E-state index contributed by atoms with van der Waals surface area (Å²) < 4.78 is 2.96. The lowest BCUT2D eigenvalue weighted by Gasteiger charge is -2.08. The molecule has 0 amide bonds. The molecular formula is C12H15IN4. The van der Waals surface area contributed by atoms with Crippen LogP contribution >= 0.6 is 22.6 Å². The average Bonchev–Trinajstić information content (AvgIpc) is 2.56. The number of nitrogens with one attached hydrogen (secondary N) is 1. The Balaban J connectivity index is 2.10. The van der Waals surface area contributed by atoms with Crippen LogP contribution in [-0.4, -0.2) is 9.78 Å². The maximum Gasteiger partial charge on any atom is 0.0643 e. The van der Waals surface area contributed by atoms with E-state index in [9.17, 15) is 0 Å². The highest BCUT2D eigenvalue weighted by atomic mass is 127. The molecule has 0 saturated carbocycles. The van der Waals surface area contributed by atoms with E-state index in [2.05, 4.69) is 33.0 Å². The first-order valence-corrected chi connectivity index (χ1v) is 6.42. The predicted molar refractivity (Wildman–Crippen MR) is 78.8 cm³/mol. The molecule has 0 aliphatic rings. The van der Waals surface area contributed by atoms with Gasteiger partial charge in [0.25, 0.3) is 0 Å². The molecule has 0 fully saturated rings. The minimum atomic E-state index is 0.777. The summed E-state index contributed by atoms with van der Waals surface area (Å²) in [5.74, 6) is 0. The Morgan fingerprint density at radius 2 is 2.24 bits per heavy atom. The standard InChI is InChI=1S/C12H15IN4/c1-8-9(7-17(2)16-8)6-15-12-4-3-10(14)5-11(12)13/h3-5,7,15H,6,14H2,1-2H3. The molecule has 2 aromatic rings. The van der Waals surface area contributed by atoms with Crippen LogP contribution in [0.25, 0.3) is 0 Å². The Bertz CT molecular complexity index is 533. The molecule has 0 unspecified atom stereocenters. The monoisotopic (exact) mass is 342 g/mol. The first kappa shape index (κ1) is 12.2. The molecule has 1 aromatic carbocycles. The number of hydrogen-bond acceptors (Lipinski definition) is 3. The van der Waals surface area contributed by atoms with Crippen molar-refractivity contribution in [1.29, 1.82) is 0 Å². The van der Waals surface area contributed by atoms with Crippen LogP contribution in [-0.2, 0) is 13.6 Å². The highest BCUT2D eigenvalue weighted by Gasteiger charge is 2.04. The van der Waals surface area contributed by atoms with Crippen LogP contribution in [0.15, 0.2) is 24.4 Å². The molecule has 2 rings (SSSR count). The molecule has 0 saturated heterocycles. The van der Waals surface area contributed by atoms with Gasteiger partial charge in [-0.25, -0.2) is 0 Å². The van der Waals surface area contributed by atoms with E-state index in [1.165, 1.54) is 5.56 Å². The third-order valence-corrected chi connectivity index (χ3v) is 3.47. The number of rotatable bonds is 3. The van der Waals surface area contributed by atoms with Crippen LogP contribution in [0.4, 0.5) is 11.4 Å². The van der Waals surface area contributed by atoms with Crippen molar-refractivity contribution in [3.8, 4) is 0 Å². The van der Waals surface area contributed by atoms with E-state index in [0.717, 1.165) is 27.2 Å². The van der Waals surface area contributed by atoms with Crippen LogP contribution in [0.3, 0.4) is 0 Å². The molecule has 1 aromatic heterocycles. The van der Waals surface area contributed by atoms with E-state index in [0.29, 0.717) is 0 Å². The molecular weight excluding hydrogens is 327 g/mol. The number of anilines is 2. The van der Waals surface area contributed by atoms with Gasteiger partial charge in [0, 0.05) is 40.3 Å². The first-order chi connectivity index (χ1) is 8.06. The van der Waals surface area contributed by atoms with Gasteiger partial charge in [0.15, 0.2) is 0 Å². The molecule has 3 N–H and O–H groups in total. The summed E-state index contributed by atoms with van der Waals surface area (Å²) in [7, 11) is 1.93. The number of hydrogen-bond donors (Lipinski definition) is 2. The van der Waals surface area contributed by atoms with Crippen molar-refractivity contribution in [2.45, 2.75) is 13.5 Å². The number of nitrogens with two attached hydrogens (primary N) is 1. The highest BCUT2D eigenvalue weighted by Crippen LogP contribution is 2.21. The van der Waals surface area contributed by atoms with Crippen molar-refractivity contribution in [2.75, 3.05) is 11.1 Å². The number of benzene rings is 1. The summed E-state index contributed by atoms with van der Waals surface area (Å²) >= 11 is 2.28. The molecule has 0 aliphatic carbocycles. The van der Waals surface area contributed by atoms with E-state index in [1.807, 2.05) is 43.0 Å². The number of aromatic nitrogens is 2. The maximum absolute atomic E-state index is 5.72. The van der Waals surface area contributed by atoms with E-state index < -0.39 is 0 Å². The second kappa shape index (κ2) is 4.95. The maximum atomic E-state index is 5.72. The topological polar surface area (TPSA) is 55.9 Å². The van der Waals surface area contributed by atoms with Gasteiger partial charge >= 0.3 is 0 Å². The summed E-state index contributed by atoms with van der Waals surface area (Å²) in [5, 5.41) is 7.71. The average molecular weight is 342 g/mol. The van der Waals surface area contributed by atoms with E-state index in [4.69, 9.17) is 5.73 Å². The number of nitrogen functional groups attached to an aromatic ring is 1. The summed E-state index contributed by atoms with van der Waals surface area (Å²) in [4.78, 5) is 0. The summed E-state index contributed by atoms with van der Waals surface area (Å²) in [6.07, 6.45) is 2.03. The Morgan fingerprint density at radius 3 is 2.82 bits per heavy atom. The van der Waals surface area contributed by atoms with Gasteiger partial charge in [-0.15, -0.1) is 0 Å². The Hall–Kier alpha value is -1.24. The Morgan fingerprint density at radius 1 is 1.47 bits per heavy atom. The number of aryl methyl sites for hydroxylation is 2. The van der Waals surface area contributed by atoms with E-state index >= 15 is 0 Å². The molecule has 0 spiro atoms. The van der Waals surface area contributed by atoms with Crippen molar-refractivity contribution in [1.82, 2.24) is 9.78 Å². The van der Waals surface area contributed by atoms with Gasteiger partial charge in [-0.1, -0.05) is 0 Å². The molecule has 0 bridgehead atoms. The minimum Gasteiger partial charge on any atom is -0.399 e. The zero-order valence-electron chi connectivity index (χ0n) is 9.87. The highest BCUT2D eigenvalue weighted by molar-refractivity contribution is 14.1. The van der Waals surface area contributed by atoms with Crippen LogP contribution in [0.1, 0.15) is 11.3 Å². The summed E-state index contributed by atoms with van der Waals surface area (Å²) in [5.41, 5.74) is 9.87. The number of nitrogens with zero attached hydrogens (tertiary/aromatic N) is 2. The Labute approximate surface area is 114 Å². The van der Waals surface area contributed by atoms with Crippen molar-refractivity contribution < 1.29 is 0 Å². The second-order valence-corrected chi connectivity index (χ2v) is 5.17. The SMILES string of the molecule is Cc1nn(C)cc1CNc1ccc(N)cc1I. The van der Waals surface area contributed by atoms with Crippen LogP contribution in [0.5, 0.6) is 0 Å². The van der Waals surface area contributed by atoms with Crippen molar-refractivity contribution in [3.05, 3.63) is 39.2 Å². The normalized spacial score (nSPS) is 10.5. The summed E-state index contributed by atoms with van der Waals surface area (Å²) in [6, 6.07) is 5.86. The van der Waals surface area contributed by atoms with E-state index in [-0.39, 0.29) is 0 Å². The van der Waals surface area contributed by atoms with E-state index in [1.54, 1.807) is 0 Å². The van der Waals surface area contributed by atoms with Crippen LogP contribution < -0.4 is 11.1 Å². The molecule has 4 nitrogen and oxygen atoms in total. The quantitative estimate of drug-likeness (QED) is 0.666. The van der Waals surface area contributed by atoms with Gasteiger partial charge in [0.2, 0.25) is 0 Å². The van der Waals surface area contributed by atoms with Crippen molar-refractivity contribution in [3.63, 3.8) is 0 Å². The molecule has 1 heterocycles. The van der Waals surface area contributed by atoms with Crippen molar-refractivity contribution in [2.24, 2.45) is 7.05 Å². The van der Waals surface area contributed by atoms with Gasteiger partial charge in [-0.05, 0) is 47.7 Å². The fraction of sp³-hybridized carbons (Fsp3) is 0.250. The molecule has 0 aliphatic heterocycles. The van der Waals surface area contributed by atoms with Gasteiger partial charge in [0.1, 0.15) is 0 Å². The summed E-state index contributed by atoms with van der Waals surface area (Å²) in [6.45, 7) is 2.80. The minimum absolute atomic E-state index is 0.777. The lowest BCUT2D eigenvalue weighted by Crippen LogP contribution is -2.02. The van der Waals surface area contributed by atoms with Gasteiger partial charge < -0.3 is 11.1 Å². The van der Waals surface area contributed by atoms with Crippen molar-refractivity contribution >= 4 is 34.0 Å². The fourth-order valence-electron chi connectivity index (χ4n) is 1.69.